The molecule has 3 aliphatic heterocycles. The third-order valence-corrected chi connectivity index (χ3v) is 11.5. The van der Waals surface area contributed by atoms with E-state index in [1.165, 1.54) is 25.0 Å². The van der Waals surface area contributed by atoms with Crippen LogP contribution in [0, 0.1) is 18.6 Å². The first-order chi connectivity index (χ1) is 22.0. The van der Waals surface area contributed by atoms with E-state index in [1.807, 2.05) is 36.3 Å². The van der Waals surface area contributed by atoms with Crippen molar-refractivity contribution in [2.75, 3.05) is 56.5 Å². The summed E-state index contributed by atoms with van der Waals surface area (Å²) in [5.74, 6) is -0.457. The van der Waals surface area contributed by atoms with Gasteiger partial charge in [0.2, 0.25) is 5.91 Å². The van der Waals surface area contributed by atoms with Crippen molar-refractivity contribution >= 4 is 46.0 Å². The fourth-order valence-corrected chi connectivity index (χ4v) is 9.27. The van der Waals surface area contributed by atoms with Gasteiger partial charge >= 0.3 is 5.69 Å². The number of benzene rings is 2. The summed E-state index contributed by atoms with van der Waals surface area (Å²) >= 11 is 7.78. The molecule has 12 heteroatoms. The molecule has 4 heterocycles. The minimum absolute atomic E-state index is 0.123. The topological polar surface area (TPSA) is 64.9 Å². The number of piperazine rings is 2. The van der Waals surface area contributed by atoms with E-state index < -0.39 is 11.6 Å². The first-order valence-corrected chi connectivity index (χ1v) is 17.5. The molecule has 0 spiro atoms. The summed E-state index contributed by atoms with van der Waals surface area (Å²) in [5.41, 5.74) is 1.98. The van der Waals surface area contributed by atoms with Crippen LogP contribution in [-0.2, 0) is 4.79 Å². The number of anilines is 1. The number of rotatable bonds is 6. The second kappa shape index (κ2) is 12.2. The first kappa shape index (κ1) is 31.6. The lowest BCUT2D eigenvalue weighted by Gasteiger charge is -2.45. The monoisotopic (exact) mass is 668 g/mol. The molecule has 7 rings (SSSR count). The number of nitrogens with zero attached hydrogens (tertiary/aromatic N) is 6. The van der Waals surface area contributed by atoms with Crippen LogP contribution in [0.25, 0.3) is 22.0 Å². The van der Waals surface area contributed by atoms with Gasteiger partial charge in [-0.25, -0.2) is 13.6 Å². The summed E-state index contributed by atoms with van der Waals surface area (Å²) < 4.78 is 31.5. The largest absolute Gasteiger partial charge is 0.352 e. The van der Waals surface area contributed by atoms with Crippen molar-refractivity contribution < 1.29 is 13.6 Å². The Kier molecular flexibility index (Phi) is 8.40. The number of hydrogen-bond acceptors (Lipinski definition) is 7. The van der Waals surface area contributed by atoms with E-state index in [1.54, 1.807) is 11.8 Å². The van der Waals surface area contributed by atoms with Crippen molar-refractivity contribution in [2.24, 2.45) is 0 Å². The Morgan fingerprint density at radius 3 is 2.43 bits per heavy atom. The Labute approximate surface area is 277 Å². The molecule has 3 fully saturated rings. The van der Waals surface area contributed by atoms with Gasteiger partial charge in [-0.15, -0.1) is 11.8 Å². The van der Waals surface area contributed by atoms with Crippen LogP contribution in [0.3, 0.4) is 0 Å². The Morgan fingerprint density at radius 1 is 1.09 bits per heavy atom. The van der Waals surface area contributed by atoms with Crippen molar-refractivity contribution in [3.8, 4) is 11.1 Å². The van der Waals surface area contributed by atoms with Crippen molar-refractivity contribution in [3.05, 3.63) is 63.6 Å². The van der Waals surface area contributed by atoms with Gasteiger partial charge in [0.15, 0.2) is 0 Å². The molecule has 0 N–H and O–H groups in total. The van der Waals surface area contributed by atoms with Gasteiger partial charge in [0.25, 0.3) is 0 Å². The molecule has 2 aromatic carbocycles. The zero-order valence-corrected chi connectivity index (χ0v) is 28.0. The van der Waals surface area contributed by atoms with Crippen LogP contribution < -0.4 is 10.6 Å². The van der Waals surface area contributed by atoms with E-state index in [-0.39, 0.29) is 40.3 Å². The van der Waals surface area contributed by atoms with E-state index in [0.29, 0.717) is 30.2 Å². The molecule has 2 saturated heterocycles. The van der Waals surface area contributed by atoms with Gasteiger partial charge in [-0.2, -0.15) is 4.98 Å². The normalized spacial score (nSPS) is 24.1. The first-order valence-electron chi connectivity index (χ1n) is 16.1. The number of thioether (sulfide) groups is 1. The highest BCUT2D eigenvalue weighted by Gasteiger charge is 2.37. The van der Waals surface area contributed by atoms with E-state index in [4.69, 9.17) is 16.6 Å². The number of aromatic nitrogens is 2. The highest BCUT2D eigenvalue weighted by Crippen LogP contribution is 2.47. The third kappa shape index (κ3) is 5.52. The summed E-state index contributed by atoms with van der Waals surface area (Å²) in [6, 6.07) is 4.48. The summed E-state index contributed by atoms with van der Waals surface area (Å²) in [7, 11) is 0. The van der Waals surface area contributed by atoms with Crippen LogP contribution >= 0.6 is 23.4 Å². The fraction of sp³-hybridized carbons (Fsp3) is 0.500. The number of aryl methyl sites for hydroxylation is 1. The van der Waals surface area contributed by atoms with Gasteiger partial charge < -0.3 is 9.80 Å². The average Bonchev–Trinajstić information content (AvgIpc) is 3.87. The smallest absolute Gasteiger partial charge is 0.350 e. The lowest BCUT2D eigenvalue weighted by atomic mass is 9.96. The predicted octanol–water partition coefficient (Wildman–Crippen LogP) is 5.34. The van der Waals surface area contributed by atoms with Crippen LogP contribution in [0.2, 0.25) is 5.02 Å². The van der Waals surface area contributed by atoms with E-state index in [2.05, 4.69) is 21.3 Å². The van der Waals surface area contributed by atoms with Gasteiger partial charge in [-0.05, 0) is 57.4 Å². The lowest BCUT2D eigenvalue weighted by Crippen LogP contribution is -2.58. The second-order valence-electron chi connectivity index (χ2n) is 13.2. The average molecular weight is 669 g/mol. The molecular formula is C34H39ClF2N6O2S. The Bertz CT molecular complexity index is 1780. The Balaban J connectivity index is 1.35. The molecule has 0 radical (unpaired) electrons. The molecule has 8 nitrogen and oxygen atoms in total. The molecule has 0 bridgehead atoms. The molecule has 244 valence electrons. The van der Waals surface area contributed by atoms with Crippen molar-refractivity contribution in [2.45, 2.75) is 62.7 Å². The highest BCUT2D eigenvalue weighted by atomic mass is 35.5. The van der Waals surface area contributed by atoms with E-state index in [9.17, 15) is 14.0 Å². The second-order valence-corrected chi connectivity index (χ2v) is 14.7. The van der Waals surface area contributed by atoms with Crippen molar-refractivity contribution in [3.63, 3.8) is 0 Å². The van der Waals surface area contributed by atoms with Gasteiger partial charge in [-0.3, -0.25) is 19.2 Å². The number of carbonyl (C=O) groups excluding carboxylic acids is 1. The summed E-state index contributed by atoms with van der Waals surface area (Å²) in [4.78, 5) is 41.2. The molecule has 1 amide bonds. The SMILES string of the molecule is C=CC(=O)N1[C@H](C)CN(c2nc(=O)n3c4c(c(-c5cc(Cl)c(F)cc5F)c(C)cc24)SC[C@@H]3CN2CCN(C3CC3)CC2)C[C@@H]1C. The molecule has 1 saturated carbocycles. The maximum Gasteiger partial charge on any atom is 0.350 e. The summed E-state index contributed by atoms with van der Waals surface area (Å²) in [6.07, 6.45) is 3.92. The van der Waals surface area contributed by atoms with Crippen LogP contribution in [0.4, 0.5) is 14.6 Å². The third-order valence-electron chi connectivity index (χ3n) is 9.99. The quantitative estimate of drug-likeness (QED) is 0.260. The number of carbonyl (C=O) groups is 1. The van der Waals surface area contributed by atoms with E-state index >= 15 is 4.39 Å². The number of halogens is 3. The predicted molar refractivity (Wildman–Crippen MR) is 180 cm³/mol. The minimum atomic E-state index is -0.815. The van der Waals surface area contributed by atoms with Crippen LogP contribution in [0.5, 0.6) is 0 Å². The van der Waals surface area contributed by atoms with Crippen LogP contribution in [0.15, 0.2) is 40.5 Å². The highest BCUT2D eigenvalue weighted by molar-refractivity contribution is 7.99. The van der Waals surface area contributed by atoms with Crippen molar-refractivity contribution in [1.82, 2.24) is 24.3 Å². The fourth-order valence-electron chi connectivity index (χ4n) is 7.73. The maximum absolute atomic E-state index is 15.4. The molecule has 3 atom stereocenters. The molecular weight excluding hydrogens is 630 g/mol. The molecule has 0 unspecified atom stereocenters. The Hall–Kier alpha value is -2.99. The number of amides is 1. The Morgan fingerprint density at radius 2 is 1.78 bits per heavy atom. The van der Waals surface area contributed by atoms with Gasteiger partial charge in [0.05, 0.1) is 16.6 Å². The van der Waals surface area contributed by atoms with Gasteiger partial charge in [0.1, 0.15) is 17.5 Å². The molecule has 1 aromatic heterocycles. The number of hydrogen-bond donors (Lipinski definition) is 0. The lowest BCUT2D eigenvalue weighted by molar-refractivity contribution is -0.130. The molecule has 4 aliphatic rings. The molecule has 3 aromatic rings. The summed E-state index contributed by atoms with van der Waals surface area (Å²) in [6.45, 7) is 15.2. The zero-order valence-electron chi connectivity index (χ0n) is 26.4. The van der Waals surface area contributed by atoms with Gasteiger partial charge in [0, 0.05) is 97.2 Å². The van der Waals surface area contributed by atoms with Crippen LogP contribution in [0.1, 0.15) is 38.3 Å². The maximum atomic E-state index is 15.4. The molecule has 1 aliphatic carbocycles. The van der Waals surface area contributed by atoms with Crippen LogP contribution in [-0.4, -0.2) is 99.8 Å². The van der Waals surface area contributed by atoms with Crippen molar-refractivity contribution in [1.29, 1.82) is 0 Å². The minimum Gasteiger partial charge on any atom is -0.352 e. The van der Waals surface area contributed by atoms with E-state index in [0.717, 1.165) is 66.2 Å². The zero-order chi connectivity index (χ0) is 32.4. The summed E-state index contributed by atoms with van der Waals surface area (Å²) in [5, 5.41) is 0.651. The van der Waals surface area contributed by atoms with Gasteiger partial charge in [-0.1, -0.05) is 18.2 Å². The molecule has 46 heavy (non-hydrogen) atoms. The standard InChI is InChI=1S/C34H39ClF2N6O2S/c1-5-29(44)42-20(3)15-41(16-21(42)4)33-25-12-19(2)30(24-13-26(35)28(37)14-27(24)36)32-31(25)43(34(45)38-33)23(18-46-32)17-39-8-10-40(11-9-39)22-6-7-22/h5,12-14,20-23H,1,6-11,15-18H2,2-4H3/t20-,21+,23-/m0/s1.